The normalized spacial score (nSPS) is 15.9. The monoisotopic (exact) mass is 203 g/mol. The summed E-state index contributed by atoms with van der Waals surface area (Å²) in [4.78, 5) is 0. The van der Waals surface area contributed by atoms with Crippen molar-refractivity contribution in [3.05, 3.63) is 0 Å². The van der Waals surface area contributed by atoms with Crippen LogP contribution >= 0.6 is 0 Å². The quantitative estimate of drug-likeness (QED) is 0.586. The lowest BCUT2D eigenvalue weighted by Crippen LogP contribution is -2.32. The number of ether oxygens (including phenoxy) is 1. The largest absolute Gasteiger partial charge is 0.389 e. The lowest BCUT2D eigenvalue weighted by molar-refractivity contribution is -0.0189. The second kappa shape index (κ2) is 8.21. The molecule has 0 amide bonds. The minimum absolute atomic E-state index is 0.218. The highest BCUT2D eigenvalue weighted by atomic mass is 16.5. The van der Waals surface area contributed by atoms with Crippen molar-refractivity contribution in [1.29, 1.82) is 0 Å². The molecule has 14 heavy (non-hydrogen) atoms. The third-order valence-electron chi connectivity index (χ3n) is 2.30. The number of aliphatic hydroxyl groups is 1. The van der Waals surface area contributed by atoms with Gasteiger partial charge in [-0.1, -0.05) is 20.8 Å². The molecular formula is C11H25NO2. The van der Waals surface area contributed by atoms with E-state index in [-0.39, 0.29) is 12.2 Å². The van der Waals surface area contributed by atoms with E-state index in [2.05, 4.69) is 26.1 Å². The molecule has 0 fully saturated rings. The fraction of sp³-hybridized carbons (Fsp3) is 1.00. The fourth-order valence-corrected chi connectivity index (χ4v) is 0.960. The average molecular weight is 203 g/mol. The minimum atomic E-state index is -0.386. The van der Waals surface area contributed by atoms with E-state index in [4.69, 9.17) is 4.74 Å². The van der Waals surface area contributed by atoms with Crippen molar-refractivity contribution in [2.45, 2.75) is 46.3 Å². The third kappa shape index (κ3) is 7.30. The van der Waals surface area contributed by atoms with E-state index in [0.717, 1.165) is 13.0 Å². The molecule has 0 saturated carbocycles. The van der Waals surface area contributed by atoms with Gasteiger partial charge in [0.25, 0.3) is 0 Å². The lowest BCUT2D eigenvalue weighted by Gasteiger charge is -2.19. The van der Waals surface area contributed by atoms with Crippen molar-refractivity contribution >= 4 is 0 Å². The standard InChI is InChI=1S/C11H25NO2/c1-5-6-12-7-11(13)8-14-10(4)9(2)3/h9-13H,5-8H2,1-4H3. The van der Waals surface area contributed by atoms with Crippen LogP contribution in [0.2, 0.25) is 0 Å². The number of rotatable bonds is 8. The van der Waals surface area contributed by atoms with Gasteiger partial charge in [0.05, 0.1) is 18.8 Å². The molecule has 0 heterocycles. The summed E-state index contributed by atoms with van der Waals surface area (Å²) >= 11 is 0. The molecule has 0 spiro atoms. The van der Waals surface area contributed by atoms with E-state index in [9.17, 15) is 5.11 Å². The second-order valence-corrected chi connectivity index (χ2v) is 4.14. The maximum absolute atomic E-state index is 9.52. The van der Waals surface area contributed by atoms with Gasteiger partial charge in [0, 0.05) is 6.54 Å². The Morgan fingerprint density at radius 3 is 2.43 bits per heavy atom. The summed E-state index contributed by atoms with van der Waals surface area (Å²) in [5.41, 5.74) is 0. The smallest absolute Gasteiger partial charge is 0.0897 e. The summed E-state index contributed by atoms with van der Waals surface area (Å²) in [6.07, 6.45) is 0.925. The van der Waals surface area contributed by atoms with Gasteiger partial charge in [-0.3, -0.25) is 0 Å². The van der Waals surface area contributed by atoms with Gasteiger partial charge in [-0.25, -0.2) is 0 Å². The molecular weight excluding hydrogens is 178 g/mol. The summed E-state index contributed by atoms with van der Waals surface area (Å²) in [7, 11) is 0. The molecule has 0 saturated heterocycles. The number of hydrogen-bond acceptors (Lipinski definition) is 3. The van der Waals surface area contributed by atoms with E-state index in [1.807, 2.05) is 6.92 Å². The molecule has 0 aliphatic rings. The third-order valence-corrected chi connectivity index (χ3v) is 2.30. The minimum Gasteiger partial charge on any atom is -0.389 e. The van der Waals surface area contributed by atoms with Crippen molar-refractivity contribution < 1.29 is 9.84 Å². The number of nitrogens with one attached hydrogen (secondary N) is 1. The average Bonchev–Trinajstić information content (AvgIpc) is 2.14. The van der Waals surface area contributed by atoms with Gasteiger partial charge in [-0.15, -0.1) is 0 Å². The Morgan fingerprint density at radius 1 is 1.29 bits per heavy atom. The van der Waals surface area contributed by atoms with Crippen molar-refractivity contribution in [2.24, 2.45) is 5.92 Å². The Bertz CT molecular complexity index is 128. The molecule has 0 radical (unpaired) electrons. The highest BCUT2D eigenvalue weighted by Crippen LogP contribution is 2.05. The summed E-state index contributed by atoms with van der Waals surface area (Å²) in [5.74, 6) is 0.505. The van der Waals surface area contributed by atoms with Crippen LogP contribution in [0.5, 0.6) is 0 Å². The van der Waals surface area contributed by atoms with Crippen LogP contribution in [0, 0.1) is 5.92 Å². The van der Waals surface area contributed by atoms with Crippen molar-refractivity contribution in [1.82, 2.24) is 5.32 Å². The molecule has 0 aliphatic carbocycles. The molecule has 86 valence electrons. The van der Waals surface area contributed by atoms with Crippen LogP contribution in [0.1, 0.15) is 34.1 Å². The van der Waals surface area contributed by atoms with Crippen LogP contribution < -0.4 is 5.32 Å². The Kier molecular flexibility index (Phi) is 8.14. The van der Waals surface area contributed by atoms with E-state index in [1.165, 1.54) is 0 Å². The predicted octanol–water partition coefficient (Wildman–Crippen LogP) is 1.41. The van der Waals surface area contributed by atoms with Crippen LogP contribution in [-0.4, -0.2) is 37.0 Å². The van der Waals surface area contributed by atoms with Gasteiger partial charge < -0.3 is 15.2 Å². The molecule has 2 unspecified atom stereocenters. The summed E-state index contributed by atoms with van der Waals surface area (Å²) in [5, 5.41) is 12.7. The molecule has 3 nitrogen and oxygen atoms in total. The van der Waals surface area contributed by atoms with Crippen LogP contribution in [-0.2, 0) is 4.74 Å². The topological polar surface area (TPSA) is 41.5 Å². The van der Waals surface area contributed by atoms with Gasteiger partial charge in [0.2, 0.25) is 0 Å². The first-order chi connectivity index (χ1) is 6.57. The molecule has 0 aromatic heterocycles. The van der Waals surface area contributed by atoms with Crippen molar-refractivity contribution in [2.75, 3.05) is 19.7 Å². The summed E-state index contributed by atoms with van der Waals surface area (Å²) in [6, 6.07) is 0. The summed E-state index contributed by atoms with van der Waals surface area (Å²) < 4.78 is 5.51. The van der Waals surface area contributed by atoms with E-state index < -0.39 is 0 Å². The van der Waals surface area contributed by atoms with Gasteiger partial charge in [-0.2, -0.15) is 0 Å². The Morgan fingerprint density at radius 2 is 1.93 bits per heavy atom. The molecule has 0 aromatic carbocycles. The zero-order chi connectivity index (χ0) is 11.0. The van der Waals surface area contributed by atoms with Crippen LogP contribution in [0.3, 0.4) is 0 Å². The molecule has 0 rings (SSSR count). The second-order valence-electron chi connectivity index (χ2n) is 4.14. The molecule has 2 atom stereocenters. The fourth-order valence-electron chi connectivity index (χ4n) is 0.960. The molecule has 0 bridgehead atoms. The van der Waals surface area contributed by atoms with E-state index >= 15 is 0 Å². The number of hydrogen-bond donors (Lipinski definition) is 2. The van der Waals surface area contributed by atoms with Gasteiger partial charge >= 0.3 is 0 Å². The van der Waals surface area contributed by atoms with Crippen molar-refractivity contribution in [3.8, 4) is 0 Å². The molecule has 3 heteroatoms. The zero-order valence-corrected chi connectivity index (χ0v) is 9.92. The predicted molar refractivity (Wildman–Crippen MR) is 59.4 cm³/mol. The highest BCUT2D eigenvalue weighted by Gasteiger charge is 2.10. The van der Waals surface area contributed by atoms with Crippen LogP contribution in [0.4, 0.5) is 0 Å². The Balaban J connectivity index is 3.38. The Hall–Kier alpha value is -0.120. The highest BCUT2D eigenvalue weighted by molar-refractivity contribution is 4.61. The summed E-state index contributed by atoms with van der Waals surface area (Å²) in [6.45, 7) is 10.4. The molecule has 0 aliphatic heterocycles. The lowest BCUT2D eigenvalue weighted by atomic mass is 10.1. The van der Waals surface area contributed by atoms with E-state index in [0.29, 0.717) is 19.1 Å². The maximum atomic E-state index is 9.52. The molecule has 2 N–H and O–H groups in total. The zero-order valence-electron chi connectivity index (χ0n) is 9.92. The van der Waals surface area contributed by atoms with Gasteiger partial charge in [-0.05, 0) is 25.8 Å². The van der Waals surface area contributed by atoms with Crippen LogP contribution in [0.25, 0.3) is 0 Å². The maximum Gasteiger partial charge on any atom is 0.0897 e. The Labute approximate surface area is 87.8 Å². The molecule has 0 aromatic rings. The van der Waals surface area contributed by atoms with Gasteiger partial charge in [0.1, 0.15) is 0 Å². The SMILES string of the molecule is CCCNCC(O)COC(C)C(C)C. The first-order valence-corrected chi connectivity index (χ1v) is 5.58. The van der Waals surface area contributed by atoms with E-state index in [1.54, 1.807) is 0 Å². The van der Waals surface area contributed by atoms with Crippen LogP contribution in [0.15, 0.2) is 0 Å². The first-order valence-electron chi connectivity index (χ1n) is 5.58. The first kappa shape index (κ1) is 13.9. The number of aliphatic hydroxyl groups excluding tert-OH is 1. The van der Waals surface area contributed by atoms with Crippen molar-refractivity contribution in [3.63, 3.8) is 0 Å². The van der Waals surface area contributed by atoms with Gasteiger partial charge in [0.15, 0.2) is 0 Å².